The number of amides is 2. The van der Waals surface area contributed by atoms with Crippen LogP contribution in [0.2, 0.25) is 0 Å². The highest BCUT2D eigenvalue weighted by atomic mass is 19.1. The summed E-state index contributed by atoms with van der Waals surface area (Å²) < 4.78 is 18.5. The molecule has 11 heteroatoms. The van der Waals surface area contributed by atoms with E-state index in [4.69, 9.17) is 5.73 Å². The fraction of sp³-hybridized carbons (Fsp3) is 0.192. The van der Waals surface area contributed by atoms with E-state index >= 15 is 4.39 Å². The molecular weight excluding hydrogens is 475 g/mol. The van der Waals surface area contributed by atoms with E-state index in [0.29, 0.717) is 33.2 Å². The van der Waals surface area contributed by atoms with Crippen molar-refractivity contribution in [2.45, 2.75) is 13.5 Å². The third-order valence-electron chi connectivity index (χ3n) is 6.42. The quantitative estimate of drug-likeness (QED) is 0.379. The summed E-state index contributed by atoms with van der Waals surface area (Å²) in [6.45, 7) is 1.20. The Morgan fingerprint density at radius 2 is 1.81 bits per heavy atom. The topological polar surface area (TPSA) is 115 Å². The van der Waals surface area contributed by atoms with Crippen LogP contribution in [-0.4, -0.2) is 53.4 Å². The summed E-state index contributed by atoms with van der Waals surface area (Å²) in [6, 6.07) is 9.77. The molecule has 0 saturated heterocycles. The number of rotatable bonds is 4. The molecule has 0 aliphatic carbocycles. The number of hydrazine groups is 1. The fourth-order valence-electron chi connectivity index (χ4n) is 4.31. The largest absolute Gasteiger partial charge is 0.383 e. The summed E-state index contributed by atoms with van der Waals surface area (Å²) >= 11 is 0. The standard InChI is InChI=1S/C26H25FN8O2/c1-15(36)34(4)35(14-18-6-5-16(10-22(18)27)19-11-29-32(2)13-19)26(37)17-7-8-23-20(9-17)24-21(25(28)31-23)12-30-33(24)3/h5-13H,14H2,1-4H3,(H2,28,31). The summed E-state index contributed by atoms with van der Waals surface area (Å²) in [7, 11) is 5.04. The number of carbonyl (C=O) groups excluding carboxylic acids is 2. The molecule has 0 fully saturated rings. The molecule has 188 valence electrons. The fourth-order valence-corrected chi connectivity index (χ4v) is 4.31. The first-order valence-electron chi connectivity index (χ1n) is 11.5. The van der Waals surface area contributed by atoms with Crippen molar-refractivity contribution >= 4 is 39.4 Å². The molecule has 5 rings (SSSR count). The average molecular weight is 501 g/mol. The first-order chi connectivity index (χ1) is 17.6. The molecule has 10 nitrogen and oxygen atoms in total. The molecule has 0 saturated carbocycles. The van der Waals surface area contributed by atoms with Gasteiger partial charge < -0.3 is 5.73 Å². The number of aryl methyl sites for hydroxylation is 2. The molecule has 2 N–H and O–H groups in total. The zero-order chi connectivity index (χ0) is 26.4. The molecular formula is C26H25FN8O2. The highest BCUT2D eigenvalue weighted by molar-refractivity contribution is 6.10. The van der Waals surface area contributed by atoms with Gasteiger partial charge >= 0.3 is 0 Å². The van der Waals surface area contributed by atoms with Crippen LogP contribution in [0.15, 0.2) is 55.0 Å². The third-order valence-corrected chi connectivity index (χ3v) is 6.42. The molecule has 0 spiro atoms. The Morgan fingerprint density at radius 1 is 1.03 bits per heavy atom. The number of nitrogen functional groups attached to an aromatic ring is 1. The van der Waals surface area contributed by atoms with E-state index in [9.17, 15) is 9.59 Å². The lowest BCUT2D eigenvalue weighted by Crippen LogP contribution is -2.46. The van der Waals surface area contributed by atoms with E-state index in [1.54, 1.807) is 72.4 Å². The molecule has 2 amide bonds. The predicted molar refractivity (Wildman–Crippen MR) is 137 cm³/mol. The van der Waals surface area contributed by atoms with Gasteiger partial charge in [-0.2, -0.15) is 10.2 Å². The van der Waals surface area contributed by atoms with Crippen LogP contribution in [0.3, 0.4) is 0 Å². The number of halogens is 1. The van der Waals surface area contributed by atoms with Crippen LogP contribution in [0.25, 0.3) is 32.9 Å². The number of nitrogens with two attached hydrogens (primary N) is 1. The second-order valence-corrected chi connectivity index (χ2v) is 8.87. The summed E-state index contributed by atoms with van der Waals surface area (Å²) in [6.07, 6.45) is 5.06. The van der Waals surface area contributed by atoms with Gasteiger partial charge in [-0.3, -0.25) is 24.0 Å². The molecule has 0 radical (unpaired) electrons. The molecule has 0 aliphatic rings. The number of aromatic nitrogens is 5. The van der Waals surface area contributed by atoms with Gasteiger partial charge in [0.1, 0.15) is 11.6 Å². The van der Waals surface area contributed by atoms with Crippen molar-refractivity contribution in [3.8, 4) is 11.1 Å². The Balaban J connectivity index is 1.53. The number of hydrogen-bond acceptors (Lipinski definition) is 6. The van der Waals surface area contributed by atoms with Crippen LogP contribution < -0.4 is 5.73 Å². The number of fused-ring (bicyclic) bond motifs is 3. The summed E-state index contributed by atoms with van der Waals surface area (Å²) in [4.78, 5) is 30.4. The van der Waals surface area contributed by atoms with Crippen molar-refractivity contribution in [1.29, 1.82) is 0 Å². The van der Waals surface area contributed by atoms with Crippen LogP contribution >= 0.6 is 0 Å². The van der Waals surface area contributed by atoms with Gasteiger partial charge in [0.05, 0.1) is 35.4 Å². The van der Waals surface area contributed by atoms with Gasteiger partial charge in [0.2, 0.25) is 5.91 Å². The van der Waals surface area contributed by atoms with Crippen molar-refractivity contribution in [3.63, 3.8) is 0 Å². The summed E-state index contributed by atoms with van der Waals surface area (Å²) in [5.41, 5.74) is 9.42. The molecule has 2 aromatic carbocycles. The molecule has 5 aromatic rings. The molecule has 3 heterocycles. The van der Waals surface area contributed by atoms with Gasteiger partial charge in [-0.25, -0.2) is 14.4 Å². The molecule has 0 aliphatic heterocycles. The molecule has 37 heavy (non-hydrogen) atoms. The van der Waals surface area contributed by atoms with Gasteiger partial charge in [-0.1, -0.05) is 12.1 Å². The second kappa shape index (κ2) is 9.01. The van der Waals surface area contributed by atoms with Crippen molar-refractivity contribution < 1.29 is 14.0 Å². The number of nitrogens with zero attached hydrogens (tertiary/aromatic N) is 7. The molecule has 3 aromatic heterocycles. The lowest BCUT2D eigenvalue weighted by atomic mass is 10.1. The molecule has 0 atom stereocenters. The number of anilines is 1. The van der Waals surface area contributed by atoms with Crippen LogP contribution in [0.1, 0.15) is 22.8 Å². The highest BCUT2D eigenvalue weighted by Gasteiger charge is 2.25. The summed E-state index contributed by atoms with van der Waals surface area (Å²) in [5.74, 6) is -0.990. The van der Waals surface area contributed by atoms with Gasteiger partial charge in [0.15, 0.2) is 0 Å². The number of hydrogen-bond donors (Lipinski definition) is 1. The number of carbonyl (C=O) groups is 2. The van der Waals surface area contributed by atoms with E-state index in [2.05, 4.69) is 15.2 Å². The normalized spacial score (nSPS) is 11.3. The average Bonchev–Trinajstić information content (AvgIpc) is 3.48. The lowest BCUT2D eigenvalue weighted by molar-refractivity contribution is -0.140. The van der Waals surface area contributed by atoms with Crippen molar-refractivity contribution in [2.75, 3.05) is 12.8 Å². The smallest absolute Gasteiger partial charge is 0.272 e. The number of benzene rings is 2. The summed E-state index contributed by atoms with van der Waals surface area (Å²) in [5, 5.41) is 12.1. The third kappa shape index (κ3) is 4.24. The van der Waals surface area contributed by atoms with Crippen molar-refractivity contribution in [3.05, 3.63) is 71.9 Å². The second-order valence-electron chi connectivity index (χ2n) is 8.87. The van der Waals surface area contributed by atoms with Gasteiger partial charge in [-0.15, -0.1) is 0 Å². The van der Waals surface area contributed by atoms with E-state index in [1.807, 2.05) is 0 Å². The minimum atomic E-state index is -0.495. The molecule has 0 unspecified atom stereocenters. The molecule has 0 bridgehead atoms. The Kier molecular flexibility index (Phi) is 5.82. The predicted octanol–water partition coefficient (Wildman–Crippen LogP) is 3.28. The van der Waals surface area contributed by atoms with Crippen LogP contribution in [0, 0.1) is 5.82 Å². The Labute approximate surface area is 211 Å². The van der Waals surface area contributed by atoms with E-state index in [0.717, 1.165) is 11.1 Å². The Bertz CT molecular complexity index is 1690. The van der Waals surface area contributed by atoms with Gasteiger partial charge in [0, 0.05) is 56.3 Å². The maximum Gasteiger partial charge on any atom is 0.272 e. The maximum atomic E-state index is 15.2. The monoisotopic (exact) mass is 500 g/mol. The Hall–Kier alpha value is -4.80. The SMILES string of the molecule is CC(=O)N(C)N(Cc1ccc(-c2cnn(C)c2)cc1F)C(=O)c1ccc2nc(N)c3cnn(C)c3c2c1. The first kappa shape index (κ1) is 23.9. The number of pyridine rings is 1. The first-order valence-corrected chi connectivity index (χ1v) is 11.5. The lowest BCUT2D eigenvalue weighted by Gasteiger charge is -2.31. The highest BCUT2D eigenvalue weighted by Crippen LogP contribution is 2.29. The van der Waals surface area contributed by atoms with Gasteiger partial charge in [-0.05, 0) is 29.8 Å². The zero-order valence-electron chi connectivity index (χ0n) is 20.8. The van der Waals surface area contributed by atoms with Crippen LogP contribution in [-0.2, 0) is 25.4 Å². The van der Waals surface area contributed by atoms with E-state index in [-0.39, 0.29) is 18.0 Å². The van der Waals surface area contributed by atoms with Crippen LogP contribution in [0.4, 0.5) is 10.2 Å². The minimum Gasteiger partial charge on any atom is -0.383 e. The maximum absolute atomic E-state index is 15.2. The minimum absolute atomic E-state index is 0.146. The van der Waals surface area contributed by atoms with E-state index < -0.39 is 11.7 Å². The van der Waals surface area contributed by atoms with E-state index in [1.165, 1.54) is 30.1 Å². The van der Waals surface area contributed by atoms with Crippen LogP contribution in [0.5, 0.6) is 0 Å². The van der Waals surface area contributed by atoms with Crippen molar-refractivity contribution in [2.24, 2.45) is 14.1 Å². The van der Waals surface area contributed by atoms with Crippen molar-refractivity contribution in [1.82, 2.24) is 34.6 Å². The zero-order valence-corrected chi connectivity index (χ0v) is 20.8. The van der Waals surface area contributed by atoms with Gasteiger partial charge in [0.25, 0.3) is 5.91 Å². The Morgan fingerprint density at radius 3 is 2.49 bits per heavy atom.